The number of rotatable bonds is 24. The number of esters is 1. The zero-order valence-electron chi connectivity index (χ0n) is 28.8. The first-order valence-electron chi connectivity index (χ1n) is 17.4. The van der Waals surface area contributed by atoms with Crippen LogP contribution in [-0.2, 0) is 30.3 Å². The quantitative estimate of drug-likeness (QED) is 0.0593. The Kier molecular flexibility index (Phi) is 18.4. The van der Waals surface area contributed by atoms with E-state index in [1.165, 1.54) is 38.5 Å². The molecule has 2 rings (SSSR count). The van der Waals surface area contributed by atoms with Crippen molar-refractivity contribution in [3.8, 4) is 11.1 Å². The van der Waals surface area contributed by atoms with E-state index in [4.69, 9.17) is 4.74 Å². The number of Topliss-reactive ketones (excluding diaryl/α,β-unsaturated/α-hetero) is 1. The van der Waals surface area contributed by atoms with Crippen LogP contribution in [0, 0.1) is 11.7 Å². The predicted octanol–water partition coefficient (Wildman–Crippen LogP) is 7.75. The van der Waals surface area contributed by atoms with Crippen molar-refractivity contribution in [2.45, 2.75) is 122 Å². The van der Waals surface area contributed by atoms with Crippen LogP contribution in [-0.4, -0.2) is 52.6 Å². The number of carbonyl (C=O) groups excluding carboxylic acids is 3. The van der Waals surface area contributed by atoms with Crippen LogP contribution in [0.4, 0.5) is 4.39 Å². The first-order valence-corrected chi connectivity index (χ1v) is 17.4. The fourth-order valence-corrected chi connectivity index (χ4v) is 5.81. The van der Waals surface area contributed by atoms with Crippen LogP contribution in [0.5, 0.6) is 0 Å². The molecule has 48 heavy (non-hydrogen) atoms. The summed E-state index contributed by atoms with van der Waals surface area (Å²) in [5, 5.41) is 23.8. The number of hydrogen-bond donors (Lipinski definition) is 3. The second-order valence-electron chi connectivity index (χ2n) is 12.5. The number of aliphatic hydroxyl groups is 1. The van der Waals surface area contributed by atoms with E-state index >= 15 is 0 Å². The van der Waals surface area contributed by atoms with Crippen LogP contribution in [0.25, 0.3) is 11.1 Å². The lowest BCUT2D eigenvalue weighted by Gasteiger charge is -2.30. The lowest BCUT2D eigenvalue weighted by molar-refractivity contribution is -0.167. The number of allylic oxidation sites excluding steroid dienone is 1. The van der Waals surface area contributed by atoms with Gasteiger partial charge in [0.2, 0.25) is 5.91 Å². The molecule has 2 aromatic rings. The number of nitrogens with one attached hydrogen (secondary N) is 1. The molecule has 8 nitrogen and oxygen atoms in total. The third-order valence-electron chi connectivity index (χ3n) is 8.64. The van der Waals surface area contributed by atoms with Crippen LogP contribution in [0.15, 0.2) is 60.7 Å². The van der Waals surface area contributed by atoms with Crippen molar-refractivity contribution in [2.75, 3.05) is 7.11 Å². The Balaban J connectivity index is 2.03. The molecule has 0 aromatic heterocycles. The van der Waals surface area contributed by atoms with E-state index in [0.717, 1.165) is 38.5 Å². The van der Waals surface area contributed by atoms with Crippen LogP contribution >= 0.6 is 0 Å². The molecule has 0 saturated carbocycles. The van der Waals surface area contributed by atoms with Gasteiger partial charge in [-0.25, -0.2) is 14.0 Å². The van der Waals surface area contributed by atoms with Gasteiger partial charge in [-0.15, -0.1) is 0 Å². The zero-order valence-corrected chi connectivity index (χ0v) is 28.8. The Labute approximate surface area is 285 Å². The van der Waals surface area contributed by atoms with E-state index in [9.17, 15) is 33.8 Å². The molecule has 0 aliphatic heterocycles. The molecule has 1 amide bonds. The summed E-state index contributed by atoms with van der Waals surface area (Å²) in [6, 6.07) is 12.1. The van der Waals surface area contributed by atoms with Gasteiger partial charge in [0.1, 0.15) is 17.6 Å². The Hall–Kier alpha value is -3.85. The van der Waals surface area contributed by atoms with Gasteiger partial charge in [-0.3, -0.25) is 9.59 Å². The number of benzene rings is 2. The van der Waals surface area contributed by atoms with Crippen molar-refractivity contribution in [1.29, 1.82) is 0 Å². The summed E-state index contributed by atoms with van der Waals surface area (Å²) in [5.74, 6) is -4.57. The van der Waals surface area contributed by atoms with E-state index < -0.39 is 35.4 Å². The highest BCUT2D eigenvalue weighted by atomic mass is 19.1. The number of aliphatic carboxylic acids is 1. The lowest BCUT2D eigenvalue weighted by atomic mass is 9.82. The Morgan fingerprint density at radius 2 is 1.50 bits per heavy atom. The maximum atomic E-state index is 14.2. The van der Waals surface area contributed by atoms with Crippen molar-refractivity contribution in [3.63, 3.8) is 0 Å². The molecule has 0 spiro atoms. The minimum atomic E-state index is -2.38. The van der Waals surface area contributed by atoms with Gasteiger partial charge in [0.05, 0.1) is 13.0 Å². The molecule has 0 fully saturated rings. The minimum Gasteiger partial charge on any atom is -0.479 e. The van der Waals surface area contributed by atoms with E-state index in [1.807, 2.05) is 0 Å². The fourth-order valence-electron chi connectivity index (χ4n) is 5.81. The van der Waals surface area contributed by atoms with Crippen LogP contribution in [0.1, 0.15) is 109 Å². The molecular formula is C39H54FNO7. The number of ketones is 1. The largest absolute Gasteiger partial charge is 0.479 e. The number of methoxy groups -OCH3 is 1. The summed E-state index contributed by atoms with van der Waals surface area (Å²) in [5.41, 5.74) is -0.644. The van der Waals surface area contributed by atoms with E-state index in [-0.39, 0.29) is 18.7 Å². The second-order valence-corrected chi connectivity index (χ2v) is 12.5. The van der Waals surface area contributed by atoms with Crippen LogP contribution in [0.3, 0.4) is 0 Å². The van der Waals surface area contributed by atoms with Crippen molar-refractivity contribution in [1.82, 2.24) is 5.32 Å². The molecule has 0 aliphatic carbocycles. The third-order valence-corrected chi connectivity index (χ3v) is 8.64. The number of halogens is 1. The topological polar surface area (TPSA) is 130 Å². The number of carboxylic acids is 1. The first kappa shape index (κ1) is 40.3. The molecule has 2 aromatic carbocycles. The molecule has 3 atom stereocenters. The highest BCUT2D eigenvalue weighted by Crippen LogP contribution is 2.27. The smallest absolute Gasteiger partial charge is 0.336 e. The molecule has 0 aliphatic rings. The van der Waals surface area contributed by atoms with Crippen LogP contribution < -0.4 is 5.32 Å². The summed E-state index contributed by atoms with van der Waals surface area (Å²) in [6.45, 7) is 3.88. The monoisotopic (exact) mass is 667 g/mol. The molecule has 0 heterocycles. The minimum absolute atomic E-state index is 0.0348. The summed E-state index contributed by atoms with van der Waals surface area (Å²) in [4.78, 5) is 50.7. The van der Waals surface area contributed by atoms with Gasteiger partial charge in [-0.05, 0) is 49.3 Å². The van der Waals surface area contributed by atoms with Crippen LogP contribution in [0.2, 0.25) is 0 Å². The molecular weight excluding hydrogens is 613 g/mol. The fraction of sp³-hybridized carbons (Fsp3) is 0.538. The van der Waals surface area contributed by atoms with Gasteiger partial charge in [0, 0.05) is 24.8 Å². The average Bonchev–Trinajstić information content (AvgIpc) is 3.07. The molecule has 0 unspecified atom stereocenters. The molecule has 0 radical (unpaired) electrons. The maximum Gasteiger partial charge on any atom is 0.336 e. The Morgan fingerprint density at radius 3 is 2.08 bits per heavy atom. The van der Waals surface area contributed by atoms with Gasteiger partial charge >= 0.3 is 11.9 Å². The van der Waals surface area contributed by atoms with Gasteiger partial charge in [0.15, 0.2) is 5.60 Å². The molecule has 9 heteroatoms. The van der Waals surface area contributed by atoms with Crippen molar-refractivity contribution in [2.24, 2.45) is 5.92 Å². The predicted molar refractivity (Wildman–Crippen MR) is 186 cm³/mol. The zero-order chi connectivity index (χ0) is 35.4. The number of unbranched alkanes of at least 4 members (excludes halogenated alkanes) is 8. The van der Waals surface area contributed by atoms with E-state index in [0.29, 0.717) is 48.2 Å². The number of amides is 1. The molecule has 3 N–H and O–H groups in total. The maximum absolute atomic E-state index is 14.2. The Bertz CT molecular complexity index is 1330. The number of hydrogen-bond acceptors (Lipinski definition) is 6. The van der Waals surface area contributed by atoms with E-state index in [2.05, 4.69) is 12.2 Å². The first-order chi connectivity index (χ1) is 23.1. The average molecular weight is 668 g/mol. The molecule has 0 bridgehead atoms. The second kappa shape index (κ2) is 21.9. The SMILES string of the molecule is CCCCCCCC(=O)CCCCCC/C=C/[C@H](C(=O)N[C@@H](Cc1ccc(-c2ccccc2F)cc1)C(=O)OC)[C@@](O)(CCC)C(=O)O. The standard InChI is InChI=1S/C39H54FNO7/c1-4-6-7-10-13-18-31(42)19-14-11-8-9-12-15-21-33(39(47,27-5-2)38(45)46)36(43)41-35(37(44)48-3)28-29-23-25-30(26-24-29)32-20-16-17-22-34(32)40/h15-17,20-26,33,35,47H,4-14,18-19,27-28H2,1-3H3,(H,41,43)(H,45,46)/b21-15+/t33-,35+,39+/m1/s1. The molecule has 0 saturated heterocycles. The third kappa shape index (κ3) is 13.3. The van der Waals surface area contributed by atoms with Gasteiger partial charge in [0.25, 0.3) is 0 Å². The summed E-state index contributed by atoms with van der Waals surface area (Å²) in [6.07, 6.45) is 14.1. The number of ether oxygens (including phenoxy) is 1. The van der Waals surface area contributed by atoms with Crippen molar-refractivity contribution >= 4 is 23.6 Å². The summed E-state index contributed by atoms with van der Waals surface area (Å²) >= 11 is 0. The van der Waals surface area contributed by atoms with Crippen molar-refractivity contribution in [3.05, 3.63) is 72.1 Å². The molecule has 264 valence electrons. The van der Waals surface area contributed by atoms with Crippen molar-refractivity contribution < 1.29 is 38.5 Å². The summed E-state index contributed by atoms with van der Waals surface area (Å²) < 4.78 is 19.2. The normalized spacial score (nSPS) is 13.9. The highest BCUT2D eigenvalue weighted by molar-refractivity contribution is 5.92. The highest BCUT2D eigenvalue weighted by Gasteiger charge is 2.46. The number of carbonyl (C=O) groups is 4. The Morgan fingerprint density at radius 1 is 0.875 bits per heavy atom. The van der Waals surface area contributed by atoms with Gasteiger partial charge in [-0.1, -0.05) is 113 Å². The van der Waals surface area contributed by atoms with E-state index in [1.54, 1.807) is 55.5 Å². The number of carboxylic acid groups (broad SMARTS) is 1. The summed E-state index contributed by atoms with van der Waals surface area (Å²) in [7, 11) is 1.19. The van der Waals surface area contributed by atoms with Gasteiger partial charge in [-0.2, -0.15) is 0 Å². The lowest BCUT2D eigenvalue weighted by Crippen LogP contribution is -2.54. The van der Waals surface area contributed by atoms with Gasteiger partial charge < -0.3 is 20.3 Å².